The lowest BCUT2D eigenvalue weighted by molar-refractivity contribution is -0.271. The van der Waals surface area contributed by atoms with Crippen LogP contribution in [-0.4, -0.2) is 23.6 Å². The third kappa shape index (κ3) is 7.84. The molecule has 0 aliphatic carbocycles. The van der Waals surface area contributed by atoms with Crippen molar-refractivity contribution < 1.29 is 22.0 Å². The summed E-state index contributed by atoms with van der Waals surface area (Å²) in [5.41, 5.74) is 0. The maximum atomic E-state index is 12.5. The van der Waals surface area contributed by atoms with Crippen LogP contribution in [0.3, 0.4) is 0 Å². The van der Waals surface area contributed by atoms with Gasteiger partial charge in [-0.15, -0.1) is 0 Å². The van der Waals surface area contributed by atoms with Gasteiger partial charge in [-0.25, -0.2) is 0 Å². The highest BCUT2D eigenvalue weighted by Gasteiger charge is 2.56. The highest BCUT2D eigenvalue weighted by atomic mass is 32.2. The number of hydrogen-bond donors (Lipinski definition) is 0. The van der Waals surface area contributed by atoms with E-state index in [-0.39, 0.29) is 0 Å². The van der Waals surface area contributed by atoms with Gasteiger partial charge in [-0.1, -0.05) is 39.0 Å². The molecule has 0 aromatic heterocycles. The van der Waals surface area contributed by atoms with Crippen molar-refractivity contribution >= 4 is 11.8 Å². The summed E-state index contributed by atoms with van der Waals surface area (Å²) in [6.45, 7) is 2.09. The lowest BCUT2D eigenvalue weighted by Gasteiger charge is -2.18. The van der Waals surface area contributed by atoms with Gasteiger partial charge in [-0.05, 0) is 12.2 Å². The third-order valence-corrected chi connectivity index (χ3v) is 3.48. The van der Waals surface area contributed by atoms with Crippen molar-refractivity contribution in [1.82, 2.24) is 0 Å². The summed E-state index contributed by atoms with van der Waals surface area (Å²) in [5, 5.41) is 0. The van der Waals surface area contributed by atoms with Crippen LogP contribution in [0.2, 0.25) is 0 Å². The second-order valence-corrected chi connectivity index (χ2v) is 5.13. The molecule has 0 fully saturated rings. The fraction of sp³-hybridized carbons (Fsp3) is 1.00. The lowest BCUT2D eigenvalue weighted by Crippen LogP contribution is -2.38. The van der Waals surface area contributed by atoms with E-state index in [1.807, 2.05) is 0 Å². The zero-order valence-electron chi connectivity index (χ0n) is 9.95. The van der Waals surface area contributed by atoms with Gasteiger partial charge in [0.1, 0.15) is 0 Å². The Morgan fingerprint density at radius 3 is 1.88 bits per heavy atom. The molecular formula is C11H19F5S. The van der Waals surface area contributed by atoms with Crippen LogP contribution in [0, 0.1) is 0 Å². The van der Waals surface area contributed by atoms with Crippen LogP contribution in [0.4, 0.5) is 22.0 Å². The summed E-state index contributed by atoms with van der Waals surface area (Å²) in [7, 11) is 0. The average Bonchev–Trinajstić information content (AvgIpc) is 2.20. The number of unbranched alkanes of at least 4 members (excludes halogenated alkanes) is 5. The Labute approximate surface area is 103 Å². The maximum absolute atomic E-state index is 12.5. The van der Waals surface area contributed by atoms with Gasteiger partial charge < -0.3 is 0 Å². The van der Waals surface area contributed by atoms with E-state index < -0.39 is 17.9 Å². The van der Waals surface area contributed by atoms with E-state index in [2.05, 4.69) is 6.92 Å². The van der Waals surface area contributed by atoms with Crippen molar-refractivity contribution in [3.05, 3.63) is 0 Å². The quantitative estimate of drug-likeness (QED) is 0.408. The van der Waals surface area contributed by atoms with E-state index in [1.165, 1.54) is 0 Å². The van der Waals surface area contributed by atoms with Crippen LogP contribution in [-0.2, 0) is 0 Å². The molecule has 0 radical (unpaired) electrons. The van der Waals surface area contributed by atoms with E-state index in [0.717, 1.165) is 32.1 Å². The largest absolute Gasteiger partial charge is 0.454 e. The van der Waals surface area contributed by atoms with Crippen molar-refractivity contribution in [2.75, 3.05) is 11.5 Å². The standard InChI is InChI=1S/C11H19F5S/c1-2-3-4-5-6-7-8-17-9-10(12,13)11(14,15)16/h2-9H2,1H3. The minimum Gasteiger partial charge on any atom is -0.195 e. The zero-order valence-corrected chi connectivity index (χ0v) is 10.8. The summed E-state index contributed by atoms with van der Waals surface area (Å²) in [6, 6.07) is 0. The number of alkyl halides is 5. The Balaban J connectivity index is 3.46. The first-order valence-electron chi connectivity index (χ1n) is 5.83. The molecule has 0 nitrogen and oxygen atoms in total. The number of hydrogen-bond acceptors (Lipinski definition) is 1. The topological polar surface area (TPSA) is 0 Å². The molecule has 6 heteroatoms. The molecule has 0 aromatic rings. The van der Waals surface area contributed by atoms with Crippen molar-refractivity contribution in [2.24, 2.45) is 0 Å². The van der Waals surface area contributed by atoms with Crippen LogP contribution >= 0.6 is 11.8 Å². The molecule has 0 atom stereocenters. The Morgan fingerprint density at radius 1 is 0.824 bits per heavy atom. The minimum atomic E-state index is -5.42. The molecule has 0 spiro atoms. The number of thioether (sulfide) groups is 1. The van der Waals surface area contributed by atoms with Gasteiger partial charge >= 0.3 is 12.1 Å². The first kappa shape index (κ1) is 17.0. The molecule has 0 aromatic carbocycles. The zero-order chi connectivity index (χ0) is 13.4. The molecule has 17 heavy (non-hydrogen) atoms. The second-order valence-electron chi connectivity index (χ2n) is 4.02. The van der Waals surface area contributed by atoms with Gasteiger partial charge in [0.25, 0.3) is 0 Å². The van der Waals surface area contributed by atoms with Crippen LogP contribution in [0.5, 0.6) is 0 Å². The van der Waals surface area contributed by atoms with Gasteiger partial charge in [-0.2, -0.15) is 33.7 Å². The summed E-state index contributed by atoms with van der Waals surface area (Å²) < 4.78 is 60.3. The smallest absolute Gasteiger partial charge is 0.195 e. The molecular weight excluding hydrogens is 259 g/mol. The summed E-state index contributed by atoms with van der Waals surface area (Å²) >= 11 is 0.681. The van der Waals surface area contributed by atoms with Crippen molar-refractivity contribution in [3.63, 3.8) is 0 Å². The first-order valence-corrected chi connectivity index (χ1v) is 6.99. The van der Waals surface area contributed by atoms with Crippen molar-refractivity contribution in [3.8, 4) is 0 Å². The van der Waals surface area contributed by atoms with Gasteiger partial charge in [-0.3, -0.25) is 0 Å². The Bertz CT molecular complexity index is 191. The Morgan fingerprint density at radius 2 is 1.35 bits per heavy atom. The molecule has 0 N–H and O–H groups in total. The van der Waals surface area contributed by atoms with Gasteiger partial charge in [0.15, 0.2) is 0 Å². The molecule has 0 heterocycles. The average molecular weight is 278 g/mol. The number of halogens is 5. The van der Waals surface area contributed by atoms with Crippen LogP contribution in [0.25, 0.3) is 0 Å². The molecule has 0 aliphatic rings. The predicted molar refractivity (Wildman–Crippen MR) is 61.7 cm³/mol. The second kappa shape index (κ2) is 8.16. The van der Waals surface area contributed by atoms with Crippen LogP contribution in [0.15, 0.2) is 0 Å². The van der Waals surface area contributed by atoms with Crippen LogP contribution in [0.1, 0.15) is 45.4 Å². The molecule has 0 aliphatic heterocycles. The molecule has 0 unspecified atom stereocenters. The normalized spacial score (nSPS) is 13.1. The lowest BCUT2D eigenvalue weighted by atomic mass is 10.1. The fourth-order valence-corrected chi connectivity index (χ4v) is 2.24. The molecule has 0 bridgehead atoms. The van der Waals surface area contributed by atoms with E-state index >= 15 is 0 Å². The van der Waals surface area contributed by atoms with Crippen molar-refractivity contribution in [1.29, 1.82) is 0 Å². The molecule has 104 valence electrons. The highest BCUT2D eigenvalue weighted by molar-refractivity contribution is 7.99. The Kier molecular flexibility index (Phi) is 8.16. The van der Waals surface area contributed by atoms with E-state index in [1.54, 1.807) is 0 Å². The predicted octanol–water partition coefficient (Wildman–Crippen LogP) is 5.28. The van der Waals surface area contributed by atoms with Crippen LogP contribution < -0.4 is 0 Å². The summed E-state index contributed by atoms with van der Waals surface area (Å²) in [4.78, 5) is 0. The van der Waals surface area contributed by atoms with E-state index in [9.17, 15) is 22.0 Å². The van der Waals surface area contributed by atoms with Crippen molar-refractivity contribution in [2.45, 2.75) is 57.5 Å². The van der Waals surface area contributed by atoms with Gasteiger partial charge in [0.2, 0.25) is 0 Å². The van der Waals surface area contributed by atoms with Gasteiger partial charge in [0, 0.05) is 0 Å². The van der Waals surface area contributed by atoms with Gasteiger partial charge in [0.05, 0.1) is 5.75 Å². The monoisotopic (exact) mass is 278 g/mol. The molecule has 0 amide bonds. The fourth-order valence-electron chi connectivity index (χ4n) is 1.27. The van der Waals surface area contributed by atoms with E-state index in [4.69, 9.17) is 0 Å². The van der Waals surface area contributed by atoms with E-state index in [0.29, 0.717) is 23.9 Å². The third-order valence-electron chi connectivity index (χ3n) is 2.34. The molecule has 0 saturated carbocycles. The maximum Gasteiger partial charge on any atom is 0.454 e. The molecule has 0 rings (SSSR count). The highest BCUT2D eigenvalue weighted by Crippen LogP contribution is 2.37. The Hall–Kier alpha value is -0.0000000000000000555. The molecule has 0 saturated heterocycles. The summed E-state index contributed by atoms with van der Waals surface area (Å²) in [6.07, 6.45) is 0.629. The number of rotatable bonds is 9. The minimum absolute atomic E-state index is 0.373. The summed E-state index contributed by atoms with van der Waals surface area (Å²) in [5.74, 6) is -5.34. The SMILES string of the molecule is CCCCCCCCSCC(F)(F)C(F)(F)F. The first-order chi connectivity index (χ1) is 7.81.